The molecule has 0 unspecified atom stereocenters. The zero-order valence-electron chi connectivity index (χ0n) is 4.86. The highest BCUT2D eigenvalue weighted by molar-refractivity contribution is 5.71. The van der Waals surface area contributed by atoms with Gasteiger partial charge >= 0.3 is 0 Å². The molecular weight excluding hydrogens is 118 g/mol. The third kappa shape index (κ3) is 2.54. The summed E-state index contributed by atoms with van der Waals surface area (Å²) in [6.07, 6.45) is 7.86. The van der Waals surface area contributed by atoms with Crippen molar-refractivity contribution in [2.75, 3.05) is 6.79 Å². The highest BCUT2D eigenvalue weighted by Gasteiger charge is 1.77. The Morgan fingerprint density at radius 2 is 2.11 bits per heavy atom. The first-order chi connectivity index (χ1) is 4.50. The molecule has 0 aliphatic carbocycles. The highest BCUT2D eigenvalue weighted by Crippen LogP contribution is 1.85. The summed E-state index contributed by atoms with van der Waals surface area (Å²) in [4.78, 5) is 3.79. The van der Waals surface area contributed by atoms with Crippen LogP contribution in [0, 0.1) is 0 Å². The quantitative estimate of drug-likeness (QED) is 0.484. The fourth-order valence-electron chi connectivity index (χ4n) is 0.386. The minimum absolute atomic E-state index is 0.246. The molecule has 0 bridgehead atoms. The number of aliphatic imine (C=N–C) groups is 1. The van der Waals surface area contributed by atoms with E-state index in [0.717, 1.165) is 0 Å². The number of hydrogen-bond donors (Lipinski definition) is 0. The van der Waals surface area contributed by atoms with Crippen LogP contribution >= 0.6 is 0 Å². The molecule has 0 spiro atoms. The first kappa shape index (κ1) is 5.88. The van der Waals surface area contributed by atoms with E-state index in [1.54, 1.807) is 18.5 Å². The van der Waals surface area contributed by atoms with E-state index < -0.39 is 0 Å². The average Bonchev–Trinajstić information content (AvgIpc) is 2.00. The van der Waals surface area contributed by atoms with Gasteiger partial charge in [0.25, 0.3) is 0 Å². The molecule has 0 amide bonds. The van der Waals surface area contributed by atoms with Gasteiger partial charge in [0.1, 0.15) is 6.26 Å². The van der Waals surface area contributed by atoms with Gasteiger partial charge in [-0.05, 0) is 6.08 Å². The van der Waals surface area contributed by atoms with Crippen molar-refractivity contribution < 1.29 is 9.47 Å². The van der Waals surface area contributed by atoms with Gasteiger partial charge < -0.3 is 9.47 Å². The number of hydrogen-bond acceptors (Lipinski definition) is 3. The first-order valence-electron chi connectivity index (χ1n) is 2.57. The molecular formula is C6H7NO2. The van der Waals surface area contributed by atoms with E-state index in [-0.39, 0.29) is 6.79 Å². The molecule has 0 saturated heterocycles. The molecule has 0 aromatic heterocycles. The van der Waals surface area contributed by atoms with Gasteiger partial charge in [0.05, 0.1) is 12.5 Å². The molecule has 0 saturated carbocycles. The molecule has 0 radical (unpaired) electrons. The predicted molar refractivity (Wildman–Crippen MR) is 33.8 cm³/mol. The van der Waals surface area contributed by atoms with Crippen LogP contribution in [0.2, 0.25) is 0 Å². The summed E-state index contributed by atoms with van der Waals surface area (Å²) in [5.41, 5.74) is 0. The van der Waals surface area contributed by atoms with Crippen molar-refractivity contribution in [3.05, 3.63) is 24.8 Å². The number of nitrogens with zero attached hydrogens (tertiary/aromatic N) is 1. The largest absolute Gasteiger partial charge is 0.465 e. The molecule has 0 N–H and O–H groups in total. The Balaban J connectivity index is 2.45. The van der Waals surface area contributed by atoms with Crippen molar-refractivity contribution in [3.63, 3.8) is 0 Å². The van der Waals surface area contributed by atoms with E-state index >= 15 is 0 Å². The summed E-state index contributed by atoms with van der Waals surface area (Å²) in [6, 6.07) is 0. The Morgan fingerprint density at radius 1 is 1.22 bits per heavy atom. The van der Waals surface area contributed by atoms with Gasteiger partial charge in [-0.15, -0.1) is 0 Å². The Hall–Kier alpha value is -1.25. The topological polar surface area (TPSA) is 30.8 Å². The van der Waals surface area contributed by atoms with Crippen molar-refractivity contribution >= 4 is 6.21 Å². The lowest BCUT2D eigenvalue weighted by Crippen LogP contribution is -1.86. The van der Waals surface area contributed by atoms with Crippen LogP contribution in [0.4, 0.5) is 0 Å². The molecule has 1 aliphatic rings. The summed E-state index contributed by atoms with van der Waals surface area (Å²) in [7, 11) is 0. The summed E-state index contributed by atoms with van der Waals surface area (Å²) in [5, 5.41) is 0. The lowest BCUT2D eigenvalue weighted by atomic mass is 10.7. The third-order valence-corrected chi connectivity index (χ3v) is 0.726. The number of ether oxygens (including phenoxy) is 2. The van der Waals surface area contributed by atoms with Crippen LogP contribution in [-0.2, 0) is 9.47 Å². The Kier molecular flexibility index (Phi) is 2.43. The maximum Gasteiger partial charge on any atom is 0.229 e. The van der Waals surface area contributed by atoms with Gasteiger partial charge in [-0.1, -0.05) is 0 Å². The van der Waals surface area contributed by atoms with Crippen LogP contribution in [0.15, 0.2) is 29.8 Å². The standard InChI is InChI=1S/C6H7NO2/c1-2-7-3-5-9-6-8-4-1/h1-5H,6H2. The van der Waals surface area contributed by atoms with E-state index in [1.807, 2.05) is 0 Å². The molecule has 0 atom stereocenters. The predicted octanol–water partition coefficient (Wildman–Crippen LogP) is 1.05. The van der Waals surface area contributed by atoms with Crippen LogP contribution in [0.3, 0.4) is 0 Å². The Bertz CT molecular complexity index is 133. The Labute approximate surface area is 53.3 Å². The molecule has 0 aromatic rings. The second-order valence-corrected chi connectivity index (χ2v) is 1.36. The van der Waals surface area contributed by atoms with Gasteiger partial charge in [0.15, 0.2) is 0 Å². The van der Waals surface area contributed by atoms with E-state index in [0.29, 0.717) is 0 Å². The minimum Gasteiger partial charge on any atom is -0.465 e. The van der Waals surface area contributed by atoms with Crippen molar-refractivity contribution in [1.82, 2.24) is 0 Å². The first-order valence-corrected chi connectivity index (χ1v) is 2.57. The Morgan fingerprint density at radius 3 is 3.11 bits per heavy atom. The van der Waals surface area contributed by atoms with Gasteiger partial charge in [0, 0.05) is 6.21 Å². The van der Waals surface area contributed by atoms with E-state index in [1.165, 1.54) is 12.5 Å². The highest BCUT2D eigenvalue weighted by atomic mass is 16.7. The maximum atomic E-state index is 4.81. The molecule has 3 nitrogen and oxygen atoms in total. The maximum absolute atomic E-state index is 4.81. The van der Waals surface area contributed by atoms with E-state index in [9.17, 15) is 0 Å². The molecule has 9 heavy (non-hydrogen) atoms. The molecule has 3 heteroatoms. The third-order valence-electron chi connectivity index (χ3n) is 0.726. The van der Waals surface area contributed by atoms with Crippen LogP contribution in [0.1, 0.15) is 0 Å². The molecule has 1 aliphatic heterocycles. The van der Waals surface area contributed by atoms with Crippen molar-refractivity contribution in [2.45, 2.75) is 0 Å². The molecule has 0 fully saturated rings. The van der Waals surface area contributed by atoms with Gasteiger partial charge in [-0.2, -0.15) is 0 Å². The van der Waals surface area contributed by atoms with Crippen LogP contribution in [0.25, 0.3) is 0 Å². The summed E-state index contributed by atoms with van der Waals surface area (Å²) < 4.78 is 9.60. The minimum atomic E-state index is 0.246. The van der Waals surface area contributed by atoms with Gasteiger partial charge in [-0.3, -0.25) is 4.99 Å². The molecule has 1 rings (SSSR count). The zero-order valence-corrected chi connectivity index (χ0v) is 4.86. The van der Waals surface area contributed by atoms with E-state index in [4.69, 9.17) is 9.47 Å². The molecule has 1 heterocycles. The summed E-state index contributed by atoms with van der Waals surface area (Å²) in [6.45, 7) is 0.246. The molecule has 0 aromatic carbocycles. The number of allylic oxidation sites excluding steroid dienone is 1. The van der Waals surface area contributed by atoms with Gasteiger partial charge in [0.2, 0.25) is 6.79 Å². The van der Waals surface area contributed by atoms with Crippen molar-refractivity contribution in [1.29, 1.82) is 0 Å². The monoisotopic (exact) mass is 125 g/mol. The fourth-order valence-corrected chi connectivity index (χ4v) is 0.386. The normalized spacial score (nSPS) is 16.9. The van der Waals surface area contributed by atoms with Crippen LogP contribution in [0.5, 0.6) is 0 Å². The average molecular weight is 125 g/mol. The van der Waals surface area contributed by atoms with Crippen LogP contribution in [-0.4, -0.2) is 13.0 Å². The number of rotatable bonds is 0. The zero-order chi connectivity index (χ0) is 6.36. The lowest BCUT2D eigenvalue weighted by Gasteiger charge is -1.95. The van der Waals surface area contributed by atoms with Crippen molar-refractivity contribution in [3.8, 4) is 0 Å². The van der Waals surface area contributed by atoms with Gasteiger partial charge in [-0.25, -0.2) is 0 Å². The molecule has 48 valence electrons. The fraction of sp³-hybridized carbons (Fsp3) is 0.167. The second-order valence-electron chi connectivity index (χ2n) is 1.36. The SMILES string of the molecule is C1=COCOC=CN=C1. The summed E-state index contributed by atoms with van der Waals surface area (Å²) in [5.74, 6) is 0. The smallest absolute Gasteiger partial charge is 0.229 e. The van der Waals surface area contributed by atoms with E-state index in [2.05, 4.69) is 4.99 Å². The summed E-state index contributed by atoms with van der Waals surface area (Å²) >= 11 is 0. The lowest BCUT2D eigenvalue weighted by molar-refractivity contribution is 0.0454. The second kappa shape index (κ2) is 3.72. The van der Waals surface area contributed by atoms with Crippen LogP contribution < -0.4 is 0 Å². The van der Waals surface area contributed by atoms with Crippen molar-refractivity contribution in [2.24, 2.45) is 4.99 Å².